The fourth-order valence-corrected chi connectivity index (χ4v) is 1.06. The lowest BCUT2D eigenvalue weighted by Gasteiger charge is -2.11. The highest BCUT2D eigenvalue weighted by Crippen LogP contribution is 2.12. The Hall–Kier alpha value is -0.800. The molecule has 0 saturated heterocycles. The van der Waals surface area contributed by atoms with Crippen molar-refractivity contribution in [3.63, 3.8) is 0 Å². The molecule has 0 aliphatic heterocycles. The van der Waals surface area contributed by atoms with E-state index in [0.717, 1.165) is 25.7 Å². The van der Waals surface area contributed by atoms with Crippen molar-refractivity contribution in [1.82, 2.24) is 0 Å². The maximum atomic E-state index is 9.88. The van der Waals surface area contributed by atoms with Crippen molar-refractivity contribution in [3.05, 3.63) is 10.1 Å². The van der Waals surface area contributed by atoms with E-state index in [1.807, 2.05) is 6.92 Å². The first-order valence-corrected chi connectivity index (χ1v) is 4.48. The summed E-state index contributed by atoms with van der Waals surface area (Å²) in [5.41, 5.74) is 0. The molecule has 0 amide bonds. The third-order valence-electron chi connectivity index (χ3n) is 1.96. The molecule has 0 aromatic heterocycles. The van der Waals surface area contributed by atoms with Crippen LogP contribution in [0.1, 0.15) is 39.5 Å². The average molecular weight is 175 g/mol. The van der Waals surface area contributed by atoms with Gasteiger partial charge in [-0.2, -0.15) is 0 Å². The Balaban J connectivity index is 3.45. The second kappa shape index (κ2) is 6.88. The van der Waals surface area contributed by atoms with E-state index >= 15 is 0 Å². The van der Waals surface area contributed by atoms with E-state index in [0.29, 0.717) is 5.92 Å². The lowest BCUT2D eigenvalue weighted by atomic mass is 10.0. The lowest BCUT2D eigenvalue weighted by molar-refractivity contribution is -0.759. The van der Waals surface area contributed by atoms with Gasteiger partial charge in [-0.3, -0.25) is 0 Å². The zero-order chi connectivity index (χ0) is 9.40. The van der Waals surface area contributed by atoms with Crippen LogP contribution in [0.2, 0.25) is 0 Å². The van der Waals surface area contributed by atoms with E-state index in [-0.39, 0.29) is 6.61 Å². The molecule has 0 aliphatic carbocycles. The Kier molecular flexibility index (Phi) is 6.42. The van der Waals surface area contributed by atoms with Gasteiger partial charge in [0.25, 0.3) is 5.09 Å². The second-order valence-corrected chi connectivity index (χ2v) is 2.94. The van der Waals surface area contributed by atoms with E-state index in [1.54, 1.807) is 0 Å². The summed E-state index contributed by atoms with van der Waals surface area (Å²) in [6, 6.07) is 0. The average Bonchev–Trinajstić information content (AvgIpc) is 2.05. The smallest absolute Gasteiger partial charge is 0.294 e. The van der Waals surface area contributed by atoms with Crippen molar-refractivity contribution in [3.8, 4) is 0 Å². The Morgan fingerprint density at radius 2 is 2.17 bits per heavy atom. The van der Waals surface area contributed by atoms with Crippen LogP contribution >= 0.6 is 0 Å². The molecule has 0 N–H and O–H groups in total. The van der Waals surface area contributed by atoms with Crippen molar-refractivity contribution in [1.29, 1.82) is 0 Å². The van der Waals surface area contributed by atoms with Gasteiger partial charge in [-0.25, -0.2) is 0 Å². The summed E-state index contributed by atoms with van der Waals surface area (Å²) >= 11 is 0. The molecule has 0 rings (SSSR count). The largest absolute Gasteiger partial charge is 0.314 e. The van der Waals surface area contributed by atoms with Gasteiger partial charge in [0.1, 0.15) is 0 Å². The topological polar surface area (TPSA) is 52.4 Å². The molecule has 0 spiro atoms. The summed E-state index contributed by atoms with van der Waals surface area (Å²) in [6.07, 6.45) is 4.24. The summed E-state index contributed by atoms with van der Waals surface area (Å²) in [5.74, 6) is 0.343. The van der Waals surface area contributed by atoms with Gasteiger partial charge in [-0.1, -0.05) is 33.1 Å². The normalized spacial score (nSPS) is 12.5. The SMILES string of the molecule is CCCC[C@@H](CC)CO[N+](=O)[O-]. The van der Waals surface area contributed by atoms with Crippen LogP contribution in [0.25, 0.3) is 0 Å². The Bertz CT molecular complexity index is 127. The van der Waals surface area contributed by atoms with E-state index in [1.165, 1.54) is 0 Å². The summed E-state index contributed by atoms with van der Waals surface area (Å²) in [4.78, 5) is 14.2. The van der Waals surface area contributed by atoms with Gasteiger partial charge in [0.2, 0.25) is 0 Å². The fourth-order valence-electron chi connectivity index (χ4n) is 1.06. The fraction of sp³-hybridized carbons (Fsp3) is 1.00. The van der Waals surface area contributed by atoms with E-state index in [9.17, 15) is 10.1 Å². The Morgan fingerprint density at radius 3 is 2.58 bits per heavy atom. The molecule has 12 heavy (non-hydrogen) atoms. The molecular formula is C8H17NO3. The zero-order valence-corrected chi connectivity index (χ0v) is 7.78. The minimum atomic E-state index is -0.714. The maximum absolute atomic E-state index is 9.88. The molecule has 0 aliphatic rings. The molecule has 0 heterocycles. The third-order valence-corrected chi connectivity index (χ3v) is 1.96. The number of hydrogen-bond donors (Lipinski definition) is 0. The van der Waals surface area contributed by atoms with E-state index in [2.05, 4.69) is 11.8 Å². The van der Waals surface area contributed by atoms with Crippen molar-refractivity contribution in [2.24, 2.45) is 5.92 Å². The molecule has 4 heteroatoms. The lowest BCUT2D eigenvalue weighted by Crippen LogP contribution is -2.12. The summed E-state index contributed by atoms with van der Waals surface area (Å²) in [5, 5.41) is 9.16. The van der Waals surface area contributed by atoms with Crippen LogP contribution in [0.5, 0.6) is 0 Å². The van der Waals surface area contributed by atoms with Crippen molar-refractivity contribution >= 4 is 0 Å². The minimum Gasteiger partial charge on any atom is -0.314 e. The van der Waals surface area contributed by atoms with Gasteiger partial charge in [0, 0.05) is 0 Å². The van der Waals surface area contributed by atoms with Crippen molar-refractivity contribution < 1.29 is 9.92 Å². The quantitative estimate of drug-likeness (QED) is 0.441. The van der Waals surface area contributed by atoms with Crippen LogP contribution in [-0.2, 0) is 4.84 Å². The van der Waals surface area contributed by atoms with Gasteiger partial charge in [-0.05, 0) is 12.3 Å². The van der Waals surface area contributed by atoms with Crippen LogP contribution in [0, 0.1) is 16.0 Å². The Morgan fingerprint density at radius 1 is 1.50 bits per heavy atom. The molecule has 4 nitrogen and oxygen atoms in total. The summed E-state index contributed by atoms with van der Waals surface area (Å²) in [6.45, 7) is 4.40. The number of unbranched alkanes of at least 4 members (excludes halogenated alkanes) is 1. The van der Waals surface area contributed by atoms with Crippen LogP contribution in [0.15, 0.2) is 0 Å². The van der Waals surface area contributed by atoms with E-state index < -0.39 is 5.09 Å². The van der Waals surface area contributed by atoms with Crippen LogP contribution < -0.4 is 0 Å². The van der Waals surface area contributed by atoms with Gasteiger partial charge >= 0.3 is 0 Å². The van der Waals surface area contributed by atoms with Crippen molar-refractivity contribution in [2.45, 2.75) is 39.5 Å². The highest BCUT2D eigenvalue weighted by molar-refractivity contribution is 4.54. The zero-order valence-electron chi connectivity index (χ0n) is 7.78. The first-order valence-electron chi connectivity index (χ1n) is 4.48. The minimum absolute atomic E-state index is 0.253. The third kappa shape index (κ3) is 5.95. The van der Waals surface area contributed by atoms with Gasteiger partial charge in [0.15, 0.2) is 0 Å². The molecule has 0 aromatic carbocycles. The first-order chi connectivity index (χ1) is 5.70. The predicted molar refractivity (Wildman–Crippen MR) is 46.3 cm³/mol. The molecule has 1 atom stereocenters. The van der Waals surface area contributed by atoms with Crippen LogP contribution in [-0.4, -0.2) is 11.7 Å². The van der Waals surface area contributed by atoms with Crippen molar-refractivity contribution in [2.75, 3.05) is 6.61 Å². The standard InChI is InChI=1S/C8H17NO3/c1-3-5-6-8(4-2)7-12-9(10)11/h8H,3-7H2,1-2H3/t8-/m1/s1. The maximum Gasteiger partial charge on any atom is 0.294 e. The molecule has 0 aromatic rings. The highest BCUT2D eigenvalue weighted by atomic mass is 16.9. The molecule has 0 bridgehead atoms. The number of nitrogens with zero attached hydrogens (tertiary/aromatic N) is 1. The molecule has 0 radical (unpaired) electrons. The highest BCUT2D eigenvalue weighted by Gasteiger charge is 2.07. The predicted octanol–water partition coefficient (Wildman–Crippen LogP) is 2.41. The summed E-state index contributed by atoms with van der Waals surface area (Å²) in [7, 11) is 0. The summed E-state index contributed by atoms with van der Waals surface area (Å²) < 4.78 is 0. The second-order valence-electron chi connectivity index (χ2n) is 2.94. The van der Waals surface area contributed by atoms with Gasteiger partial charge in [0.05, 0.1) is 6.61 Å². The van der Waals surface area contributed by atoms with Gasteiger partial charge in [-0.15, -0.1) is 10.1 Å². The number of rotatable bonds is 7. The first kappa shape index (κ1) is 11.2. The van der Waals surface area contributed by atoms with Gasteiger partial charge < -0.3 is 4.84 Å². The van der Waals surface area contributed by atoms with E-state index in [4.69, 9.17) is 0 Å². The molecule has 0 unspecified atom stereocenters. The molecule has 72 valence electrons. The molecule has 0 saturated carbocycles. The Labute approximate surface area is 73.0 Å². The van der Waals surface area contributed by atoms with Crippen LogP contribution in [0.3, 0.4) is 0 Å². The molecular weight excluding hydrogens is 158 g/mol. The number of hydrogen-bond acceptors (Lipinski definition) is 3. The van der Waals surface area contributed by atoms with Crippen LogP contribution in [0.4, 0.5) is 0 Å². The molecule has 0 fully saturated rings. The monoisotopic (exact) mass is 175 g/mol.